The van der Waals surface area contributed by atoms with Crippen LogP contribution in [0.3, 0.4) is 0 Å². The minimum absolute atomic E-state index is 0.703. The highest BCUT2D eigenvalue weighted by molar-refractivity contribution is 8.13. The Morgan fingerprint density at radius 2 is 2.12 bits per heavy atom. The number of nitrogens with zero attached hydrogens (tertiary/aromatic N) is 3. The molecule has 0 amide bonds. The monoisotopic (exact) mass is 233 g/mol. The summed E-state index contributed by atoms with van der Waals surface area (Å²) in [7, 11) is 1.92. The number of benzene rings is 1. The second kappa shape index (κ2) is 5.57. The molecule has 0 unspecified atom stereocenters. The molecule has 0 fully saturated rings. The molecule has 4 heteroatoms. The average molecular weight is 233 g/mol. The fraction of sp³-hybridized carbons (Fsp3) is 0.333. The lowest BCUT2D eigenvalue weighted by molar-refractivity contribution is 1.23. The number of hydrogen-bond acceptors (Lipinski definition) is 3. The minimum atomic E-state index is 0.703. The highest BCUT2D eigenvalue weighted by atomic mass is 32.2. The van der Waals surface area contributed by atoms with Crippen LogP contribution < -0.4 is 4.90 Å². The van der Waals surface area contributed by atoms with Gasteiger partial charge in [0.15, 0.2) is 5.17 Å². The SMILES string of the molecule is CSC(=NC#N)N(C)c1ccc(C)cc1C. The van der Waals surface area contributed by atoms with Gasteiger partial charge in [0.2, 0.25) is 6.19 Å². The van der Waals surface area contributed by atoms with Crippen LogP contribution in [-0.2, 0) is 0 Å². The van der Waals surface area contributed by atoms with Crippen LogP contribution in [0.1, 0.15) is 11.1 Å². The van der Waals surface area contributed by atoms with Gasteiger partial charge in [0.05, 0.1) is 0 Å². The third kappa shape index (κ3) is 2.77. The predicted octanol–water partition coefficient (Wildman–Crippen LogP) is 2.94. The number of aliphatic imine (C=N–C) groups is 1. The maximum Gasteiger partial charge on any atom is 0.208 e. The number of rotatable bonds is 1. The van der Waals surface area contributed by atoms with Crippen LogP contribution in [0.2, 0.25) is 0 Å². The summed E-state index contributed by atoms with van der Waals surface area (Å²) in [6.45, 7) is 4.12. The molecule has 0 saturated carbocycles. The third-order valence-corrected chi connectivity index (χ3v) is 3.06. The first-order chi connectivity index (χ1) is 7.60. The summed E-state index contributed by atoms with van der Waals surface area (Å²) >= 11 is 1.46. The Morgan fingerprint density at radius 1 is 1.44 bits per heavy atom. The Kier molecular flexibility index (Phi) is 4.39. The van der Waals surface area contributed by atoms with Crippen molar-refractivity contribution in [2.75, 3.05) is 18.2 Å². The Hall–Kier alpha value is -1.47. The molecular weight excluding hydrogens is 218 g/mol. The predicted molar refractivity (Wildman–Crippen MR) is 70.9 cm³/mol. The van der Waals surface area contributed by atoms with Gasteiger partial charge in [-0.2, -0.15) is 5.26 Å². The van der Waals surface area contributed by atoms with E-state index in [0.717, 1.165) is 5.69 Å². The normalized spacial score (nSPS) is 11.1. The van der Waals surface area contributed by atoms with E-state index in [2.05, 4.69) is 31.0 Å². The minimum Gasteiger partial charge on any atom is -0.323 e. The molecule has 0 aliphatic carbocycles. The summed E-state index contributed by atoms with van der Waals surface area (Å²) in [4.78, 5) is 5.73. The summed E-state index contributed by atoms with van der Waals surface area (Å²) in [6.07, 6.45) is 3.74. The summed E-state index contributed by atoms with van der Waals surface area (Å²) in [6, 6.07) is 6.23. The highest BCUT2D eigenvalue weighted by Crippen LogP contribution is 2.22. The molecule has 3 nitrogen and oxygen atoms in total. The van der Waals surface area contributed by atoms with Gasteiger partial charge in [-0.3, -0.25) is 0 Å². The quantitative estimate of drug-likeness (QED) is 0.425. The molecule has 0 atom stereocenters. The fourth-order valence-corrected chi connectivity index (χ4v) is 2.09. The molecule has 0 heterocycles. The second-order valence-corrected chi connectivity index (χ2v) is 4.32. The van der Waals surface area contributed by atoms with Crippen LogP contribution in [0, 0.1) is 25.3 Å². The van der Waals surface area contributed by atoms with Crippen molar-refractivity contribution in [3.05, 3.63) is 29.3 Å². The topological polar surface area (TPSA) is 39.4 Å². The molecule has 1 aromatic carbocycles. The van der Waals surface area contributed by atoms with Gasteiger partial charge in [0.25, 0.3) is 0 Å². The second-order valence-electron chi connectivity index (χ2n) is 3.55. The highest BCUT2D eigenvalue weighted by Gasteiger charge is 2.10. The van der Waals surface area contributed by atoms with Crippen LogP contribution in [0.5, 0.6) is 0 Å². The molecule has 0 aromatic heterocycles. The van der Waals surface area contributed by atoms with Crippen LogP contribution in [0.4, 0.5) is 5.69 Å². The number of amidine groups is 1. The zero-order valence-electron chi connectivity index (χ0n) is 9.98. The van der Waals surface area contributed by atoms with Crippen LogP contribution in [0.15, 0.2) is 23.2 Å². The fourth-order valence-electron chi connectivity index (χ4n) is 1.59. The summed E-state index contributed by atoms with van der Waals surface area (Å²) in [5.74, 6) is 0. The lowest BCUT2D eigenvalue weighted by Crippen LogP contribution is -2.23. The molecule has 16 heavy (non-hydrogen) atoms. The van der Waals surface area contributed by atoms with E-state index in [1.807, 2.05) is 30.5 Å². The average Bonchev–Trinajstić information content (AvgIpc) is 2.25. The Labute approximate surface area is 101 Å². The van der Waals surface area contributed by atoms with E-state index in [-0.39, 0.29) is 0 Å². The van der Waals surface area contributed by atoms with Gasteiger partial charge in [0.1, 0.15) is 0 Å². The van der Waals surface area contributed by atoms with Crippen molar-refractivity contribution in [1.82, 2.24) is 0 Å². The lowest BCUT2D eigenvalue weighted by Gasteiger charge is -2.21. The largest absolute Gasteiger partial charge is 0.323 e. The zero-order chi connectivity index (χ0) is 12.1. The zero-order valence-corrected chi connectivity index (χ0v) is 10.8. The molecule has 0 saturated heterocycles. The maximum absolute atomic E-state index is 8.60. The van der Waals surface area contributed by atoms with Crippen molar-refractivity contribution in [2.24, 2.45) is 4.99 Å². The molecule has 0 bridgehead atoms. The molecule has 1 aromatic rings. The molecular formula is C12H15N3S. The number of aryl methyl sites for hydroxylation is 2. The van der Waals surface area contributed by atoms with E-state index >= 15 is 0 Å². The van der Waals surface area contributed by atoms with E-state index in [9.17, 15) is 0 Å². The van der Waals surface area contributed by atoms with Crippen LogP contribution in [0.25, 0.3) is 0 Å². The van der Waals surface area contributed by atoms with Crippen molar-refractivity contribution in [3.63, 3.8) is 0 Å². The maximum atomic E-state index is 8.60. The van der Waals surface area contributed by atoms with Crippen molar-refractivity contribution in [3.8, 4) is 6.19 Å². The molecule has 84 valence electrons. The first-order valence-corrected chi connectivity index (χ1v) is 6.14. The van der Waals surface area contributed by atoms with Gasteiger partial charge in [-0.15, -0.1) is 4.99 Å². The Balaban J connectivity index is 3.09. The van der Waals surface area contributed by atoms with Crippen molar-refractivity contribution < 1.29 is 0 Å². The molecule has 1 rings (SSSR count). The van der Waals surface area contributed by atoms with Crippen LogP contribution in [-0.4, -0.2) is 18.5 Å². The first-order valence-electron chi connectivity index (χ1n) is 4.92. The first kappa shape index (κ1) is 12.6. The number of thioether (sulfide) groups is 1. The van der Waals surface area contributed by atoms with Crippen LogP contribution >= 0.6 is 11.8 Å². The van der Waals surface area contributed by atoms with Gasteiger partial charge >= 0.3 is 0 Å². The number of hydrogen-bond donors (Lipinski definition) is 0. The summed E-state index contributed by atoms with van der Waals surface area (Å²) in [5, 5.41) is 9.30. The lowest BCUT2D eigenvalue weighted by atomic mass is 10.1. The third-order valence-electron chi connectivity index (χ3n) is 2.33. The van der Waals surface area contributed by atoms with E-state index < -0.39 is 0 Å². The molecule has 0 aliphatic rings. The van der Waals surface area contributed by atoms with E-state index in [0.29, 0.717) is 5.17 Å². The van der Waals surface area contributed by atoms with Crippen molar-refractivity contribution >= 4 is 22.6 Å². The Bertz CT molecular complexity index is 446. The smallest absolute Gasteiger partial charge is 0.208 e. The summed E-state index contributed by atoms with van der Waals surface area (Å²) < 4.78 is 0. The standard InChI is InChI=1S/C12H15N3S/c1-9-5-6-11(10(2)7-9)15(3)12(16-4)14-8-13/h5-7H,1-4H3. The van der Waals surface area contributed by atoms with E-state index in [4.69, 9.17) is 5.26 Å². The molecule has 0 spiro atoms. The number of anilines is 1. The van der Waals surface area contributed by atoms with Gasteiger partial charge < -0.3 is 4.90 Å². The molecule has 0 radical (unpaired) electrons. The van der Waals surface area contributed by atoms with E-state index in [1.54, 1.807) is 0 Å². The van der Waals surface area contributed by atoms with Gasteiger partial charge in [0, 0.05) is 12.7 Å². The van der Waals surface area contributed by atoms with Gasteiger partial charge in [-0.05, 0) is 31.7 Å². The Morgan fingerprint density at radius 3 is 2.62 bits per heavy atom. The van der Waals surface area contributed by atoms with E-state index in [1.165, 1.54) is 22.9 Å². The number of nitriles is 1. The van der Waals surface area contributed by atoms with Gasteiger partial charge in [-0.25, -0.2) is 0 Å². The molecule has 0 N–H and O–H groups in total. The van der Waals surface area contributed by atoms with Gasteiger partial charge in [-0.1, -0.05) is 29.5 Å². The summed E-state index contributed by atoms with van der Waals surface area (Å²) in [5.41, 5.74) is 3.49. The van der Waals surface area contributed by atoms with Crippen molar-refractivity contribution in [1.29, 1.82) is 5.26 Å². The molecule has 0 aliphatic heterocycles. The van der Waals surface area contributed by atoms with Crippen molar-refractivity contribution in [2.45, 2.75) is 13.8 Å².